The molecule has 0 amide bonds. The molecule has 0 radical (unpaired) electrons. The molecule has 0 bridgehead atoms. The van der Waals surface area contributed by atoms with E-state index in [4.69, 9.17) is 0 Å². The monoisotopic (exact) mass is 228 g/mol. The minimum Gasteiger partial charge on any atom is -0.508 e. The van der Waals surface area contributed by atoms with E-state index in [0.29, 0.717) is 5.92 Å². The zero-order valence-electron chi connectivity index (χ0n) is 10.0. The first kappa shape index (κ1) is 11.5. The van der Waals surface area contributed by atoms with Gasteiger partial charge in [-0.1, -0.05) is 38.1 Å². The highest BCUT2D eigenvalue weighted by atomic mass is 16.3. The topological polar surface area (TPSA) is 40.5 Å². The molecule has 0 unspecified atom stereocenters. The van der Waals surface area contributed by atoms with Gasteiger partial charge in [0.05, 0.1) is 0 Å². The summed E-state index contributed by atoms with van der Waals surface area (Å²) in [4.78, 5) is 0. The van der Waals surface area contributed by atoms with E-state index in [9.17, 15) is 10.2 Å². The highest BCUT2D eigenvalue weighted by Gasteiger charge is 2.09. The van der Waals surface area contributed by atoms with Crippen molar-refractivity contribution in [2.45, 2.75) is 19.8 Å². The fourth-order valence-electron chi connectivity index (χ4n) is 2.01. The Labute approximate surface area is 101 Å². The standard InChI is InChI=1S/C15H16O2/c1-10(2)14-5-3-4-6-15(14)11-7-12(16)9-13(17)8-11/h3-10,16-17H,1-2H3. The number of aromatic hydroxyl groups is 2. The van der Waals surface area contributed by atoms with Gasteiger partial charge in [0.15, 0.2) is 0 Å². The molecule has 0 aliphatic rings. The average molecular weight is 228 g/mol. The van der Waals surface area contributed by atoms with Crippen molar-refractivity contribution in [3.63, 3.8) is 0 Å². The van der Waals surface area contributed by atoms with Gasteiger partial charge in [0.1, 0.15) is 11.5 Å². The van der Waals surface area contributed by atoms with Crippen molar-refractivity contribution in [1.29, 1.82) is 0 Å². The summed E-state index contributed by atoms with van der Waals surface area (Å²) in [5.74, 6) is 0.563. The Morgan fingerprint density at radius 1 is 0.882 bits per heavy atom. The molecule has 2 N–H and O–H groups in total. The zero-order valence-corrected chi connectivity index (χ0v) is 10.0. The van der Waals surface area contributed by atoms with Gasteiger partial charge in [0.2, 0.25) is 0 Å². The molecule has 0 saturated carbocycles. The molecule has 0 spiro atoms. The first-order valence-electron chi connectivity index (χ1n) is 5.70. The Morgan fingerprint density at radius 2 is 1.47 bits per heavy atom. The normalized spacial score (nSPS) is 10.8. The van der Waals surface area contributed by atoms with Crippen molar-refractivity contribution in [3.8, 4) is 22.6 Å². The molecule has 0 atom stereocenters. The van der Waals surface area contributed by atoms with Gasteiger partial charge in [-0.25, -0.2) is 0 Å². The van der Waals surface area contributed by atoms with E-state index in [1.807, 2.05) is 18.2 Å². The molecule has 0 saturated heterocycles. The molecule has 88 valence electrons. The molecule has 0 aliphatic heterocycles. The number of phenolic OH excluding ortho intramolecular Hbond substituents is 2. The fourth-order valence-corrected chi connectivity index (χ4v) is 2.01. The summed E-state index contributed by atoms with van der Waals surface area (Å²) in [6, 6.07) is 12.7. The quantitative estimate of drug-likeness (QED) is 0.818. The van der Waals surface area contributed by atoms with Gasteiger partial charge in [0, 0.05) is 6.07 Å². The number of hydrogen-bond acceptors (Lipinski definition) is 2. The first-order chi connectivity index (χ1) is 8.08. The summed E-state index contributed by atoms with van der Waals surface area (Å²) >= 11 is 0. The lowest BCUT2D eigenvalue weighted by atomic mass is 9.92. The van der Waals surface area contributed by atoms with Crippen LogP contribution in [0.2, 0.25) is 0 Å². The Bertz CT molecular complexity index is 510. The highest BCUT2D eigenvalue weighted by Crippen LogP contribution is 2.33. The molecule has 0 aromatic heterocycles. The van der Waals surface area contributed by atoms with E-state index in [-0.39, 0.29) is 11.5 Å². The predicted molar refractivity (Wildman–Crippen MR) is 69.3 cm³/mol. The maximum atomic E-state index is 9.52. The van der Waals surface area contributed by atoms with Crippen LogP contribution in [-0.2, 0) is 0 Å². The van der Waals surface area contributed by atoms with Crippen LogP contribution in [0.5, 0.6) is 11.5 Å². The van der Waals surface area contributed by atoms with Crippen LogP contribution < -0.4 is 0 Å². The van der Waals surface area contributed by atoms with Crippen molar-refractivity contribution >= 4 is 0 Å². The van der Waals surface area contributed by atoms with Crippen LogP contribution in [0.25, 0.3) is 11.1 Å². The second-order valence-electron chi connectivity index (χ2n) is 4.48. The van der Waals surface area contributed by atoms with E-state index in [1.54, 1.807) is 12.1 Å². The second-order valence-corrected chi connectivity index (χ2v) is 4.48. The summed E-state index contributed by atoms with van der Waals surface area (Å²) in [6.07, 6.45) is 0. The van der Waals surface area contributed by atoms with Crippen molar-refractivity contribution in [3.05, 3.63) is 48.0 Å². The van der Waals surface area contributed by atoms with E-state index in [1.165, 1.54) is 11.6 Å². The number of phenols is 2. The van der Waals surface area contributed by atoms with Crippen LogP contribution in [0.3, 0.4) is 0 Å². The van der Waals surface area contributed by atoms with Crippen LogP contribution >= 0.6 is 0 Å². The smallest absolute Gasteiger partial charge is 0.119 e. The third-order valence-corrected chi connectivity index (χ3v) is 2.80. The third-order valence-electron chi connectivity index (χ3n) is 2.80. The van der Waals surface area contributed by atoms with E-state index in [2.05, 4.69) is 19.9 Å². The lowest BCUT2D eigenvalue weighted by molar-refractivity contribution is 0.451. The summed E-state index contributed by atoms with van der Waals surface area (Å²) in [5, 5.41) is 19.0. The minimum absolute atomic E-state index is 0.0820. The number of hydrogen-bond donors (Lipinski definition) is 2. The maximum absolute atomic E-state index is 9.52. The molecule has 2 heteroatoms. The van der Waals surface area contributed by atoms with Crippen LogP contribution in [0.4, 0.5) is 0 Å². The van der Waals surface area contributed by atoms with Crippen LogP contribution in [-0.4, -0.2) is 10.2 Å². The summed E-state index contributed by atoms with van der Waals surface area (Å²) in [7, 11) is 0. The molecular weight excluding hydrogens is 212 g/mol. The van der Waals surface area contributed by atoms with Gasteiger partial charge in [0.25, 0.3) is 0 Å². The molecule has 2 nitrogen and oxygen atoms in total. The van der Waals surface area contributed by atoms with Crippen LogP contribution in [0, 0.1) is 0 Å². The highest BCUT2D eigenvalue weighted by molar-refractivity contribution is 5.70. The van der Waals surface area contributed by atoms with Gasteiger partial charge in [-0.2, -0.15) is 0 Å². The van der Waals surface area contributed by atoms with Crippen molar-refractivity contribution in [2.24, 2.45) is 0 Å². The molecule has 2 rings (SSSR count). The predicted octanol–water partition coefficient (Wildman–Crippen LogP) is 3.89. The summed E-state index contributed by atoms with van der Waals surface area (Å²) in [6.45, 7) is 4.25. The fraction of sp³-hybridized carbons (Fsp3) is 0.200. The van der Waals surface area contributed by atoms with Gasteiger partial charge in [-0.3, -0.25) is 0 Å². The Hall–Kier alpha value is -1.96. The van der Waals surface area contributed by atoms with Crippen LogP contribution in [0.15, 0.2) is 42.5 Å². The molecule has 0 heterocycles. The second kappa shape index (κ2) is 4.50. The lowest BCUT2D eigenvalue weighted by Crippen LogP contribution is -1.91. The summed E-state index contributed by atoms with van der Waals surface area (Å²) < 4.78 is 0. The minimum atomic E-state index is 0.0820. The molecular formula is C15H16O2. The molecule has 2 aromatic rings. The van der Waals surface area contributed by atoms with Gasteiger partial charge < -0.3 is 10.2 Å². The molecule has 2 aromatic carbocycles. The number of rotatable bonds is 2. The van der Waals surface area contributed by atoms with Crippen molar-refractivity contribution in [1.82, 2.24) is 0 Å². The maximum Gasteiger partial charge on any atom is 0.119 e. The van der Waals surface area contributed by atoms with Gasteiger partial charge in [-0.15, -0.1) is 0 Å². The van der Waals surface area contributed by atoms with Crippen molar-refractivity contribution in [2.75, 3.05) is 0 Å². The van der Waals surface area contributed by atoms with Gasteiger partial charge >= 0.3 is 0 Å². The third kappa shape index (κ3) is 2.41. The van der Waals surface area contributed by atoms with E-state index < -0.39 is 0 Å². The van der Waals surface area contributed by atoms with E-state index >= 15 is 0 Å². The molecule has 0 fully saturated rings. The van der Waals surface area contributed by atoms with Crippen molar-refractivity contribution < 1.29 is 10.2 Å². The SMILES string of the molecule is CC(C)c1ccccc1-c1cc(O)cc(O)c1. The Morgan fingerprint density at radius 3 is 2.06 bits per heavy atom. The number of benzene rings is 2. The summed E-state index contributed by atoms with van der Waals surface area (Å²) in [5.41, 5.74) is 3.10. The first-order valence-corrected chi connectivity index (χ1v) is 5.70. The Kier molecular flexibility index (Phi) is 3.05. The zero-order chi connectivity index (χ0) is 12.4. The molecule has 0 aliphatic carbocycles. The lowest BCUT2D eigenvalue weighted by Gasteiger charge is -2.13. The molecule has 17 heavy (non-hydrogen) atoms. The Balaban J connectivity index is 2.60. The van der Waals surface area contributed by atoms with Crippen LogP contribution in [0.1, 0.15) is 25.3 Å². The average Bonchev–Trinajstić information content (AvgIpc) is 2.27. The van der Waals surface area contributed by atoms with Gasteiger partial charge in [-0.05, 0) is 34.7 Å². The largest absolute Gasteiger partial charge is 0.508 e. The van der Waals surface area contributed by atoms with E-state index in [0.717, 1.165) is 11.1 Å².